The molecule has 2 heteroatoms. The van der Waals surface area contributed by atoms with E-state index in [-0.39, 0.29) is 0 Å². The smallest absolute Gasteiger partial charge is 0.0363 e. The molecule has 0 aromatic heterocycles. The Morgan fingerprint density at radius 1 is 1.00 bits per heavy atom. The van der Waals surface area contributed by atoms with Crippen molar-refractivity contribution in [3.05, 3.63) is 60.2 Å². The highest BCUT2D eigenvalue weighted by Crippen LogP contribution is 2.13. The van der Waals surface area contributed by atoms with E-state index in [4.69, 9.17) is 5.73 Å². The lowest BCUT2D eigenvalue weighted by Crippen LogP contribution is -2.18. The highest BCUT2D eigenvalue weighted by atomic mass is 15.1. The SMILES string of the molecule is CN(CCCc1cccc(N)c1)c1ccccc1. The Morgan fingerprint density at radius 2 is 1.78 bits per heavy atom. The molecule has 0 saturated heterocycles. The molecule has 0 aliphatic rings. The van der Waals surface area contributed by atoms with Crippen molar-refractivity contribution >= 4 is 11.4 Å². The fourth-order valence-corrected chi connectivity index (χ4v) is 2.08. The van der Waals surface area contributed by atoms with Crippen LogP contribution in [0.15, 0.2) is 54.6 Å². The van der Waals surface area contributed by atoms with Crippen LogP contribution in [0.3, 0.4) is 0 Å². The second-order valence-corrected chi connectivity index (χ2v) is 4.61. The van der Waals surface area contributed by atoms with E-state index in [2.05, 4.69) is 48.3 Å². The van der Waals surface area contributed by atoms with E-state index in [0.717, 1.165) is 25.1 Å². The third-order valence-electron chi connectivity index (χ3n) is 3.11. The Morgan fingerprint density at radius 3 is 2.50 bits per heavy atom. The van der Waals surface area contributed by atoms with Crippen LogP contribution in [0.2, 0.25) is 0 Å². The van der Waals surface area contributed by atoms with Crippen molar-refractivity contribution in [3.8, 4) is 0 Å². The topological polar surface area (TPSA) is 29.3 Å². The molecule has 2 aromatic rings. The average molecular weight is 240 g/mol. The molecule has 2 aromatic carbocycles. The number of nitrogens with zero attached hydrogens (tertiary/aromatic N) is 1. The minimum absolute atomic E-state index is 0.851. The molecule has 0 spiro atoms. The number of aryl methyl sites for hydroxylation is 1. The van der Waals surface area contributed by atoms with E-state index >= 15 is 0 Å². The summed E-state index contributed by atoms with van der Waals surface area (Å²) in [5, 5.41) is 0. The van der Waals surface area contributed by atoms with Crippen LogP contribution in [-0.2, 0) is 6.42 Å². The van der Waals surface area contributed by atoms with Gasteiger partial charge in [-0.15, -0.1) is 0 Å². The Kier molecular flexibility index (Phi) is 4.24. The minimum atomic E-state index is 0.851. The van der Waals surface area contributed by atoms with Crippen molar-refractivity contribution in [1.82, 2.24) is 0 Å². The lowest BCUT2D eigenvalue weighted by molar-refractivity contribution is 0.786. The summed E-state index contributed by atoms with van der Waals surface area (Å²) < 4.78 is 0. The number of hydrogen-bond donors (Lipinski definition) is 1. The molecule has 0 atom stereocenters. The van der Waals surface area contributed by atoms with Crippen LogP contribution >= 0.6 is 0 Å². The Bertz CT molecular complexity index is 479. The first-order valence-corrected chi connectivity index (χ1v) is 6.36. The molecule has 0 heterocycles. The molecule has 0 aliphatic heterocycles. The van der Waals surface area contributed by atoms with E-state index in [1.54, 1.807) is 0 Å². The molecule has 0 unspecified atom stereocenters. The zero-order chi connectivity index (χ0) is 12.8. The standard InChI is InChI=1S/C16H20N2/c1-18(16-10-3-2-4-11-16)12-6-8-14-7-5-9-15(17)13-14/h2-5,7,9-11,13H,6,8,12,17H2,1H3. The predicted octanol–water partition coefficient (Wildman–Crippen LogP) is 3.34. The van der Waals surface area contributed by atoms with Gasteiger partial charge in [0.15, 0.2) is 0 Å². The molecular formula is C16H20N2. The zero-order valence-electron chi connectivity index (χ0n) is 10.8. The average Bonchev–Trinajstić information content (AvgIpc) is 2.40. The quantitative estimate of drug-likeness (QED) is 0.812. The van der Waals surface area contributed by atoms with E-state index < -0.39 is 0 Å². The third-order valence-corrected chi connectivity index (χ3v) is 3.11. The summed E-state index contributed by atoms with van der Waals surface area (Å²) in [5.41, 5.74) is 9.21. The van der Waals surface area contributed by atoms with Crippen molar-refractivity contribution in [2.45, 2.75) is 12.8 Å². The fraction of sp³-hybridized carbons (Fsp3) is 0.250. The maximum absolute atomic E-state index is 5.77. The van der Waals surface area contributed by atoms with Crippen molar-refractivity contribution in [3.63, 3.8) is 0 Å². The van der Waals surface area contributed by atoms with Gasteiger partial charge in [-0.1, -0.05) is 30.3 Å². The van der Waals surface area contributed by atoms with Gasteiger partial charge in [0.1, 0.15) is 0 Å². The van der Waals surface area contributed by atoms with Crippen molar-refractivity contribution in [2.75, 3.05) is 24.2 Å². The molecular weight excluding hydrogens is 220 g/mol. The molecule has 0 amide bonds. The van der Waals surface area contributed by atoms with Crippen LogP contribution in [-0.4, -0.2) is 13.6 Å². The first-order chi connectivity index (χ1) is 8.75. The van der Waals surface area contributed by atoms with Crippen molar-refractivity contribution in [2.24, 2.45) is 0 Å². The first-order valence-electron chi connectivity index (χ1n) is 6.36. The van der Waals surface area contributed by atoms with Gasteiger partial charge in [-0.25, -0.2) is 0 Å². The summed E-state index contributed by atoms with van der Waals surface area (Å²) in [6, 6.07) is 18.6. The fourth-order valence-electron chi connectivity index (χ4n) is 2.08. The molecule has 0 saturated carbocycles. The summed E-state index contributed by atoms with van der Waals surface area (Å²) >= 11 is 0. The lowest BCUT2D eigenvalue weighted by Gasteiger charge is -2.19. The summed E-state index contributed by atoms with van der Waals surface area (Å²) in [5.74, 6) is 0. The third kappa shape index (κ3) is 3.52. The van der Waals surface area contributed by atoms with Gasteiger partial charge in [-0.3, -0.25) is 0 Å². The molecule has 2 rings (SSSR count). The summed E-state index contributed by atoms with van der Waals surface area (Å²) in [7, 11) is 2.13. The van der Waals surface area contributed by atoms with Crippen LogP contribution in [0.4, 0.5) is 11.4 Å². The van der Waals surface area contributed by atoms with Gasteiger partial charge in [0.05, 0.1) is 0 Å². The van der Waals surface area contributed by atoms with E-state index in [1.807, 2.05) is 18.2 Å². The summed E-state index contributed by atoms with van der Waals surface area (Å²) in [6.07, 6.45) is 2.21. The van der Waals surface area contributed by atoms with Gasteiger partial charge in [0.25, 0.3) is 0 Å². The highest BCUT2D eigenvalue weighted by molar-refractivity contribution is 5.45. The van der Waals surface area contributed by atoms with Crippen molar-refractivity contribution < 1.29 is 0 Å². The van der Waals surface area contributed by atoms with Crippen LogP contribution < -0.4 is 10.6 Å². The Balaban J connectivity index is 1.82. The maximum atomic E-state index is 5.77. The second-order valence-electron chi connectivity index (χ2n) is 4.61. The second kappa shape index (κ2) is 6.10. The molecule has 2 N–H and O–H groups in total. The van der Waals surface area contributed by atoms with Crippen LogP contribution in [0, 0.1) is 0 Å². The van der Waals surface area contributed by atoms with Gasteiger partial charge in [0.2, 0.25) is 0 Å². The number of nitrogens with two attached hydrogens (primary N) is 1. The van der Waals surface area contributed by atoms with Gasteiger partial charge < -0.3 is 10.6 Å². The Hall–Kier alpha value is -1.96. The maximum Gasteiger partial charge on any atom is 0.0363 e. The first kappa shape index (κ1) is 12.5. The van der Waals surface area contributed by atoms with Crippen molar-refractivity contribution in [1.29, 1.82) is 0 Å². The predicted molar refractivity (Wildman–Crippen MR) is 78.9 cm³/mol. The minimum Gasteiger partial charge on any atom is -0.399 e. The normalized spacial score (nSPS) is 10.3. The summed E-state index contributed by atoms with van der Waals surface area (Å²) in [4.78, 5) is 2.28. The number of hydrogen-bond acceptors (Lipinski definition) is 2. The molecule has 0 fully saturated rings. The van der Waals surface area contributed by atoms with Gasteiger partial charge in [-0.05, 0) is 42.7 Å². The molecule has 0 radical (unpaired) electrons. The van der Waals surface area contributed by atoms with Gasteiger partial charge >= 0.3 is 0 Å². The molecule has 0 bridgehead atoms. The number of para-hydroxylation sites is 1. The van der Waals surface area contributed by atoms with Gasteiger partial charge in [0, 0.05) is 25.0 Å². The number of nitrogen functional groups attached to an aromatic ring is 1. The van der Waals surface area contributed by atoms with E-state index in [0.29, 0.717) is 0 Å². The highest BCUT2D eigenvalue weighted by Gasteiger charge is 2.00. The monoisotopic (exact) mass is 240 g/mol. The zero-order valence-corrected chi connectivity index (χ0v) is 10.8. The van der Waals surface area contributed by atoms with E-state index in [1.165, 1.54) is 11.3 Å². The van der Waals surface area contributed by atoms with Crippen LogP contribution in [0.5, 0.6) is 0 Å². The molecule has 2 nitrogen and oxygen atoms in total. The largest absolute Gasteiger partial charge is 0.399 e. The van der Waals surface area contributed by atoms with Gasteiger partial charge in [-0.2, -0.15) is 0 Å². The van der Waals surface area contributed by atoms with Crippen LogP contribution in [0.1, 0.15) is 12.0 Å². The number of benzene rings is 2. The molecule has 94 valence electrons. The lowest BCUT2D eigenvalue weighted by atomic mass is 10.1. The summed E-state index contributed by atoms with van der Waals surface area (Å²) in [6.45, 7) is 1.05. The number of rotatable bonds is 5. The van der Waals surface area contributed by atoms with Crippen LogP contribution in [0.25, 0.3) is 0 Å². The molecule has 18 heavy (non-hydrogen) atoms. The molecule has 0 aliphatic carbocycles. The number of anilines is 2. The Labute approximate surface area is 109 Å². The van der Waals surface area contributed by atoms with E-state index in [9.17, 15) is 0 Å².